The highest BCUT2D eigenvalue weighted by atomic mass is 16.5. The standard InChI is InChI=1S/C22H18N2O3/c1-26-19-8-5-9-20(27-2)16(19)10-11-18(25)22-21-15(12-13-23-22)14-6-3-4-7-17(14)24-21/h3-13,24H,1-2H3/b11-10+. The van der Waals surface area contributed by atoms with Crippen molar-refractivity contribution in [2.24, 2.45) is 0 Å². The molecule has 0 spiro atoms. The van der Waals surface area contributed by atoms with Gasteiger partial charge in [-0.15, -0.1) is 0 Å². The van der Waals surface area contributed by atoms with Crippen molar-refractivity contribution in [3.8, 4) is 11.5 Å². The number of ether oxygens (including phenoxy) is 2. The van der Waals surface area contributed by atoms with E-state index in [0.717, 1.165) is 21.8 Å². The van der Waals surface area contributed by atoms with Gasteiger partial charge in [-0.25, -0.2) is 0 Å². The Bertz CT molecular complexity index is 1150. The van der Waals surface area contributed by atoms with E-state index < -0.39 is 0 Å². The Balaban J connectivity index is 1.77. The lowest BCUT2D eigenvalue weighted by Crippen LogP contribution is -2.00. The molecule has 0 bridgehead atoms. The predicted octanol–water partition coefficient (Wildman–Crippen LogP) is 4.63. The lowest BCUT2D eigenvalue weighted by molar-refractivity contribution is 0.104. The van der Waals surface area contributed by atoms with Crippen molar-refractivity contribution in [3.05, 3.63) is 72.1 Å². The molecule has 0 aliphatic carbocycles. The smallest absolute Gasteiger partial charge is 0.206 e. The number of hydrogen-bond acceptors (Lipinski definition) is 4. The molecule has 0 amide bonds. The number of aromatic amines is 1. The molecule has 0 radical (unpaired) electrons. The van der Waals surface area contributed by atoms with Crippen LogP contribution < -0.4 is 9.47 Å². The summed E-state index contributed by atoms with van der Waals surface area (Å²) in [6.45, 7) is 0. The summed E-state index contributed by atoms with van der Waals surface area (Å²) < 4.78 is 10.7. The van der Waals surface area contributed by atoms with Gasteiger partial charge < -0.3 is 14.5 Å². The molecule has 0 fully saturated rings. The molecule has 4 aromatic rings. The highest BCUT2D eigenvalue weighted by molar-refractivity contribution is 6.17. The van der Waals surface area contributed by atoms with E-state index in [1.165, 1.54) is 6.08 Å². The Kier molecular flexibility index (Phi) is 4.34. The molecule has 134 valence electrons. The fourth-order valence-corrected chi connectivity index (χ4v) is 3.24. The quantitative estimate of drug-likeness (QED) is 0.417. The summed E-state index contributed by atoms with van der Waals surface area (Å²) in [6.07, 6.45) is 4.85. The van der Waals surface area contributed by atoms with Gasteiger partial charge in [0.2, 0.25) is 5.78 Å². The molecule has 0 aliphatic rings. The Morgan fingerprint density at radius 2 is 1.70 bits per heavy atom. The number of pyridine rings is 1. The number of hydrogen-bond donors (Lipinski definition) is 1. The fourth-order valence-electron chi connectivity index (χ4n) is 3.24. The number of nitrogens with zero attached hydrogens (tertiary/aromatic N) is 1. The Labute approximate surface area is 156 Å². The summed E-state index contributed by atoms with van der Waals surface area (Å²) in [5.74, 6) is 1.07. The van der Waals surface area contributed by atoms with Gasteiger partial charge in [0.25, 0.3) is 0 Å². The number of allylic oxidation sites excluding steroid dienone is 1. The topological polar surface area (TPSA) is 64.2 Å². The highest BCUT2D eigenvalue weighted by Crippen LogP contribution is 2.30. The number of methoxy groups -OCH3 is 2. The van der Waals surface area contributed by atoms with Gasteiger partial charge in [0.15, 0.2) is 0 Å². The van der Waals surface area contributed by atoms with Crippen molar-refractivity contribution in [2.75, 3.05) is 14.2 Å². The number of para-hydroxylation sites is 1. The zero-order chi connectivity index (χ0) is 18.8. The number of H-pyrrole nitrogens is 1. The SMILES string of the molecule is COc1cccc(OC)c1/C=C/C(=O)c1nccc2c1[nH]c1ccccc12. The number of carbonyl (C=O) groups is 1. The zero-order valence-corrected chi connectivity index (χ0v) is 15.0. The molecule has 1 N–H and O–H groups in total. The second kappa shape index (κ2) is 6.96. The van der Waals surface area contributed by atoms with Crippen LogP contribution in [0.3, 0.4) is 0 Å². The molecule has 2 aromatic heterocycles. The fraction of sp³-hybridized carbons (Fsp3) is 0.0909. The number of benzene rings is 2. The van der Waals surface area contributed by atoms with E-state index in [4.69, 9.17) is 9.47 Å². The van der Waals surface area contributed by atoms with Crippen molar-refractivity contribution in [2.45, 2.75) is 0 Å². The zero-order valence-electron chi connectivity index (χ0n) is 15.0. The van der Waals surface area contributed by atoms with E-state index in [1.54, 1.807) is 26.5 Å². The van der Waals surface area contributed by atoms with Gasteiger partial charge in [-0.3, -0.25) is 9.78 Å². The number of nitrogens with one attached hydrogen (secondary N) is 1. The maximum atomic E-state index is 12.9. The summed E-state index contributed by atoms with van der Waals surface area (Å²) in [4.78, 5) is 20.5. The molecule has 4 rings (SSSR count). The largest absolute Gasteiger partial charge is 0.496 e. The average molecular weight is 358 g/mol. The minimum absolute atomic E-state index is 0.194. The molecule has 0 saturated carbocycles. The maximum absolute atomic E-state index is 12.9. The average Bonchev–Trinajstić information content (AvgIpc) is 3.10. The second-order valence-corrected chi connectivity index (χ2v) is 6.03. The Hall–Kier alpha value is -3.60. The van der Waals surface area contributed by atoms with E-state index in [9.17, 15) is 4.79 Å². The van der Waals surface area contributed by atoms with Crippen LogP contribution in [-0.2, 0) is 0 Å². The van der Waals surface area contributed by atoms with Crippen LogP contribution in [0, 0.1) is 0 Å². The lowest BCUT2D eigenvalue weighted by atomic mass is 10.1. The molecule has 0 saturated heterocycles. The number of aromatic nitrogens is 2. The van der Waals surface area contributed by atoms with Crippen molar-refractivity contribution in [3.63, 3.8) is 0 Å². The first-order chi connectivity index (χ1) is 13.2. The van der Waals surface area contributed by atoms with E-state index >= 15 is 0 Å². The molecule has 2 heterocycles. The van der Waals surface area contributed by atoms with E-state index in [0.29, 0.717) is 22.8 Å². The van der Waals surface area contributed by atoms with E-state index in [1.807, 2.05) is 48.5 Å². The van der Waals surface area contributed by atoms with Crippen LogP contribution >= 0.6 is 0 Å². The third kappa shape index (κ3) is 2.93. The first kappa shape index (κ1) is 16.8. The molecule has 5 nitrogen and oxygen atoms in total. The minimum atomic E-state index is -0.194. The van der Waals surface area contributed by atoms with Gasteiger partial charge in [0, 0.05) is 22.5 Å². The monoisotopic (exact) mass is 358 g/mol. The van der Waals surface area contributed by atoms with Gasteiger partial charge in [0.05, 0.1) is 25.3 Å². The number of ketones is 1. The molecular weight excluding hydrogens is 340 g/mol. The van der Waals surface area contributed by atoms with E-state index in [2.05, 4.69) is 9.97 Å². The Morgan fingerprint density at radius 1 is 0.963 bits per heavy atom. The van der Waals surface area contributed by atoms with Crippen LogP contribution in [0.1, 0.15) is 16.1 Å². The van der Waals surface area contributed by atoms with Gasteiger partial charge in [-0.1, -0.05) is 24.3 Å². The Morgan fingerprint density at radius 3 is 2.44 bits per heavy atom. The normalized spacial score (nSPS) is 11.3. The predicted molar refractivity (Wildman–Crippen MR) is 107 cm³/mol. The summed E-state index contributed by atoms with van der Waals surface area (Å²) in [5.41, 5.74) is 2.80. The third-order valence-corrected chi connectivity index (χ3v) is 4.53. The summed E-state index contributed by atoms with van der Waals surface area (Å²) >= 11 is 0. The second-order valence-electron chi connectivity index (χ2n) is 6.03. The van der Waals surface area contributed by atoms with Crippen molar-refractivity contribution < 1.29 is 14.3 Å². The molecule has 27 heavy (non-hydrogen) atoms. The van der Waals surface area contributed by atoms with Gasteiger partial charge >= 0.3 is 0 Å². The van der Waals surface area contributed by atoms with E-state index in [-0.39, 0.29) is 5.78 Å². The van der Waals surface area contributed by atoms with Gasteiger partial charge in [-0.05, 0) is 36.4 Å². The summed E-state index contributed by atoms with van der Waals surface area (Å²) in [7, 11) is 3.17. The molecule has 2 aromatic carbocycles. The summed E-state index contributed by atoms with van der Waals surface area (Å²) in [6, 6.07) is 15.3. The van der Waals surface area contributed by atoms with Gasteiger partial charge in [0.1, 0.15) is 17.2 Å². The molecule has 0 unspecified atom stereocenters. The molecule has 0 atom stereocenters. The minimum Gasteiger partial charge on any atom is -0.496 e. The third-order valence-electron chi connectivity index (χ3n) is 4.53. The first-order valence-corrected chi connectivity index (χ1v) is 8.51. The van der Waals surface area contributed by atoms with Crippen molar-refractivity contribution >= 4 is 33.7 Å². The first-order valence-electron chi connectivity index (χ1n) is 8.51. The van der Waals surface area contributed by atoms with Crippen molar-refractivity contribution in [1.82, 2.24) is 9.97 Å². The van der Waals surface area contributed by atoms with Crippen LogP contribution in [0.25, 0.3) is 27.9 Å². The van der Waals surface area contributed by atoms with Crippen LogP contribution in [0.5, 0.6) is 11.5 Å². The molecule has 5 heteroatoms. The number of rotatable bonds is 5. The van der Waals surface area contributed by atoms with Crippen LogP contribution in [0.15, 0.2) is 60.8 Å². The number of fused-ring (bicyclic) bond motifs is 3. The highest BCUT2D eigenvalue weighted by Gasteiger charge is 2.14. The van der Waals surface area contributed by atoms with Crippen LogP contribution in [0.4, 0.5) is 0 Å². The number of carbonyl (C=O) groups excluding carboxylic acids is 1. The molecule has 0 aliphatic heterocycles. The van der Waals surface area contributed by atoms with Crippen LogP contribution in [0.2, 0.25) is 0 Å². The molecular formula is C22H18N2O3. The van der Waals surface area contributed by atoms with Gasteiger partial charge in [-0.2, -0.15) is 0 Å². The van der Waals surface area contributed by atoms with Crippen molar-refractivity contribution in [1.29, 1.82) is 0 Å². The maximum Gasteiger partial charge on any atom is 0.206 e. The lowest BCUT2D eigenvalue weighted by Gasteiger charge is -2.09. The summed E-state index contributed by atoms with van der Waals surface area (Å²) in [5, 5.41) is 2.05. The van der Waals surface area contributed by atoms with Crippen LogP contribution in [-0.4, -0.2) is 30.0 Å².